The van der Waals surface area contributed by atoms with Crippen LogP contribution < -0.4 is 10.5 Å². The molecule has 19 heavy (non-hydrogen) atoms. The molecule has 0 unspecified atom stereocenters. The van der Waals surface area contributed by atoms with Crippen LogP contribution in [-0.4, -0.2) is 0 Å². The second kappa shape index (κ2) is 6.12. The molecule has 2 rings (SSSR count). The van der Waals surface area contributed by atoms with E-state index in [0.717, 1.165) is 0 Å². The lowest BCUT2D eigenvalue weighted by Gasteiger charge is -2.09. The summed E-state index contributed by atoms with van der Waals surface area (Å²) in [5.41, 5.74) is 6.26. The maximum atomic E-state index is 13.9. The number of nitrogens with two attached hydrogens (primary N) is 1. The minimum Gasteiger partial charge on any atom is -0.489 e. The van der Waals surface area contributed by atoms with Crippen molar-refractivity contribution < 1.29 is 13.5 Å². The Morgan fingerprint density at radius 1 is 1.11 bits per heavy atom. The van der Waals surface area contributed by atoms with E-state index in [1.165, 1.54) is 12.1 Å². The Morgan fingerprint density at radius 2 is 1.84 bits per heavy atom. The highest BCUT2D eigenvalue weighted by Gasteiger charge is 2.08. The lowest BCUT2D eigenvalue weighted by molar-refractivity contribution is 0.298. The van der Waals surface area contributed by atoms with Gasteiger partial charge < -0.3 is 10.5 Å². The summed E-state index contributed by atoms with van der Waals surface area (Å²) in [6.45, 7) is 0.160. The fraction of sp³-hybridized carbons (Fsp3) is 0.143. The van der Waals surface area contributed by atoms with Crippen LogP contribution in [0.3, 0.4) is 0 Å². The summed E-state index contributed by atoms with van der Waals surface area (Å²) in [6, 6.07) is 9.35. The molecule has 0 heterocycles. The van der Waals surface area contributed by atoms with E-state index in [1.807, 2.05) is 0 Å². The van der Waals surface area contributed by atoms with Crippen molar-refractivity contribution in [2.24, 2.45) is 5.73 Å². The third kappa shape index (κ3) is 3.30. The second-order valence-corrected chi connectivity index (χ2v) is 4.81. The predicted octanol–water partition coefficient (Wildman–Crippen LogP) is 3.77. The summed E-state index contributed by atoms with van der Waals surface area (Å²) in [4.78, 5) is 0. The van der Waals surface area contributed by atoms with E-state index in [2.05, 4.69) is 15.9 Å². The molecule has 5 heteroatoms. The average Bonchev–Trinajstić information content (AvgIpc) is 2.41. The summed E-state index contributed by atoms with van der Waals surface area (Å²) < 4.78 is 32.9. The van der Waals surface area contributed by atoms with E-state index in [4.69, 9.17) is 10.5 Å². The molecule has 2 nitrogen and oxygen atoms in total. The number of ether oxygens (including phenoxy) is 1. The Balaban J connectivity index is 2.12. The highest BCUT2D eigenvalue weighted by molar-refractivity contribution is 9.10. The first kappa shape index (κ1) is 14.0. The first-order valence-corrected chi connectivity index (χ1v) is 6.45. The molecule has 0 aliphatic carbocycles. The molecule has 0 spiro atoms. The van der Waals surface area contributed by atoms with Gasteiger partial charge in [-0.1, -0.05) is 18.2 Å². The first-order chi connectivity index (χ1) is 9.11. The standard InChI is InChI=1S/C14H12BrF2NO/c15-12-5-4-11(6-13(12)16)19-8-10-3-1-2-9(7-18)14(10)17/h1-6H,7-8,18H2. The molecule has 0 aliphatic heterocycles. The zero-order valence-corrected chi connectivity index (χ0v) is 11.6. The molecular formula is C14H12BrF2NO. The van der Waals surface area contributed by atoms with Gasteiger partial charge in [0.05, 0.1) is 4.47 Å². The van der Waals surface area contributed by atoms with Crippen LogP contribution in [-0.2, 0) is 13.2 Å². The monoisotopic (exact) mass is 327 g/mol. The molecule has 100 valence electrons. The quantitative estimate of drug-likeness (QED) is 0.927. The molecule has 0 bridgehead atoms. The molecule has 0 radical (unpaired) electrons. The minimum absolute atomic E-state index is 0.0285. The summed E-state index contributed by atoms with van der Waals surface area (Å²) in [5, 5.41) is 0. The molecule has 0 aliphatic rings. The largest absolute Gasteiger partial charge is 0.489 e. The second-order valence-electron chi connectivity index (χ2n) is 3.96. The summed E-state index contributed by atoms with van der Waals surface area (Å²) >= 11 is 3.05. The summed E-state index contributed by atoms with van der Waals surface area (Å²) in [5.74, 6) is -0.450. The van der Waals surface area contributed by atoms with Crippen molar-refractivity contribution in [3.8, 4) is 5.75 Å². The van der Waals surface area contributed by atoms with Crippen molar-refractivity contribution in [2.45, 2.75) is 13.2 Å². The molecule has 0 saturated heterocycles. The number of hydrogen-bond donors (Lipinski definition) is 1. The van der Waals surface area contributed by atoms with E-state index < -0.39 is 5.82 Å². The molecule has 2 aromatic carbocycles. The zero-order valence-electron chi connectivity index (χ0n) is 10.00. The minimum atomic E-state index is -0.423. The van der Waals surface area contributed by atoms with Crippen molar-refractivity contribution in [3.63, 3.8) is 0 Å². The molecule has 0 atom stereocenters. The first-order valence-electron chi connectivity index (χ1n) is 5.66. The third-order valence-electron chi connectivity index (χ3n) is 2.66. The summed E-state index contributed by atoms with van der Waals surface area (Å²) in [7, 11) is 0. The van der Waals surface area contributed by atoms with Crippen LogP contribution in [0.2, 0.25) is 0 Å². The maximum Gasteiger partial charge on any atom is 0.141 e. The van der Waals surface area contributed by atoms with Crippen LogP contribution >= 0.6 is 15.9 Å². The van der Waals surface area contributed by atoms with Gasteiger partial charge in [0.25, 0.3) is 0 Å². The topological polar surface area (TPSA) is 35.2 Å². The van der Waals surface area contributed by atoms with Crippen molar-refractivity contribution in [2.75, 3.05) is 0 Å². The van der Waals surface area contributed by atoms with Gasteiger partial charge >= 0.3 is 0 Å². The van der Waals surface area contributed by atoms with Gasteiger partial charge in [-0.25, -0.2) is 8.78 Å². The Labute approximate surface area is 118 Å². The van der Waals surface area contributed by atoms with Gasteiger partial charge in [-0.2, -0.15) is 0 Å². The predicted molar refractivity (Wildman–Crippen MR) is 72.7 cm³/mol. The van der Waals surface area contributed by atoms with Gasteiger partial charge in [0.15, 0.2) is 0 Å². The number of benzene rings is 2. The fourth-order valence-corrected chi connectivity index (χ4v) is 1.88. The molecular weight excluding hydrogens is 316 g/mol. The van der Waals surface area contributed by atoms with Gasteiger partial charge in [-0.3, -0.25) is 0 Å². The molecule has 0 aromatic heterocycles. The van der Waals surface area contributed by atoms with Gasteiger partial charge in [0.1, 0.15) is 24.0 Å². The van der Waals surface area contributed by atoms with Crippen LogP contribution in [0, 0.1) is 11.6 Å². The fourth-order valence-electron chi connectivity index (χ4n) is 1.63. The van der Waals surface area contributed by atoms with Crippen LogP contribution in [0.4, 0.5) is 8.78 Å². The van der Waals surface area contributed by atoms with Crippen molar-refractivity contribution in [1.82, 2.24) is 0 Å². The number of rotatable bonds is 4. The van der Waals surface area contributed by atoms with Crippen LogP contribution in [0.25, 0.3) is 0 Å². The highest BCUT2D eigenvalue weighted by Crippen LogP contribution is 2.22. The van der Waals surface area contributed by atoms with Gasteiger partial charge in [-0.15, -0.1) is 0 Å². The Hall–Kier alpha value is -1.46. The number of halogens is 3. The van der Waals surface area contributed by atoms with E-state index in [0.29, 0.717) is 21.3 Å². The zero-order chi connectivity index (χ0) is 13.8. The Kier molecular flexibility index (Phi) is 4.50. The van der Waals surface area contributed by atoms with E-state index >= 15 is 0 Å². The summed E-state index contributed by atoms with van der Waals surface area (Å²) in [6.07, 6.45) is 0. The van der Waals surface area contributed by atoms with Crippen molar-refractivity contribution in [3.05, 3.63) is 63.6 Å². The highest BCUT2D eigenvalue weighted by atomic mass is 79.9. The van der Waals surface area contributed by atoms with E-state index in [1.54, 1.807) is 24.3 Å². The normalized spacial score (nSPS) is 10.5. The van der Waals surface area contributed by atoms with E-state index in [-0.39, 0.29) is 19.0 Å². The maximum absolute atomic E-state index is 13.9. The average molecular weight is 328 g/mol. The van der Waals surface area contributed by atoms with Crippen LogP contribution in [0.15, 0.2) is 40.9 Å². The van der Waals surface area contributed by atoms with Gasteiger partial charge in [0.2, 0.25) is 0 Å². The van der Waals surface area contributed by atoms with Gasteiger partial charge in [0, 0.05) is 23.7 Å². The number of hydrogen-bond acceptors (Lipinski definition) is 2. The van der Waals surface area contributed by atoms with Crippen molar-refractivity contribution in [1.29, 1.82) is 0 Å². The van der Waals surface area contributed by atoms with Crippen LogP contribution in [0.1, 0.15) is 11.1 Å². The molecule has 2 aromatic rings. The van der Waals surface area contributed by atoms with Crippen molar-refractivity contribution >= 4 is 15.9 Å². The molecule has 2 N–H and O–H groups in total. The smallest absolute Gasteiger partial charge is 0.141 e. The lowest BCUT2D eigenvalue weighted by Crippen LogP contribution is -2.05. The Morgan fingerprint density at radius 3 is 2.53 bits per heavy atom. The molecule has 0 fully saturated rings. The van der Waals surface area contributed by atoms with E-state index in [9.17, 15) is 8.78 Å². The van der Waals surface area contributed by atoms with Crippen LogP contribution in [0.5, 0.6) is 5.75 Å². The lowest BCUT2D eigenvalue weighted by atomic mass is 10.1. The SMILES string of the molecule is NCc1cccc(COc2ccc(Br)c(F)c2)c1F. The third-order valence-corrected chi connectivity index (χ3v) is 3.31. The molecule has 0 amide bonds. The van der Waals surface area contributed by atoms with Gasteiger partial charge in [-0.05, 0) is 28.1 Å². The Bertz CT molecular complexity index is 590. The molecule has 0 saturated carbocycles.